The number of halogens is 1. The van der Waals surface area contributed by atoms with E-state index in [9.17, 15) is 14.7 Å². The first-order valence-corrected chi connectivity index (χ1v) is 9.89. The second kappa shape index (κ2) is 8.19. The van der Waals surface area contributed by atoms with Crippen LogP contribution in [0.15, 0.2) is 42.5 Å². The first-order valence-electron chi connectivity index (χ1n) is 9.51. The van der Waals surface area contributed by atoms with Gasteiger partial charge in [-0.25, -0.2) is 4.79 Å². The van der Waals surface area contributed by atoms with E-state index < -0.39 is 5.97 Å². The van der Waals surface area contributed by atoms with Crippen LogP contribution in [0.4, 0.5) is 0 Å². The Morgan fingerprint density at radius 3 is 2.43 bits per heavy atom. The van der Waals surface area contributed by atoms with E-state index in [2.05, 4.69) is 6.92 Å². The van der Waals surface area contributed by atoms with E-state index in [1.807, 2.05) is 48.7 Å². The molecule has 1 N–H and O–H groups in total. The molecule has 0 aliphatic heterocycles. The van der Waals surface area contributed by atoms with Gasteiger partial charge in [0.25, 0.3) is 0 Å². The molecule has 4 nitrogen and oxygen atoms in total. The van der Waals surface area contributed by atoms with Crippen molar-refractivity contribution in [2.45, 2.75) is 40.2 Å². The highest BCUT2D eigenvalue weighted by atomic mass is 35.5. The number of ketones is 1. The Labute approximate surface area is 169 Å². The summed E-state index contributed by atoms with van der Waals surface area (Å²) in [7, 11) is 0. The summed E-state index contributed by atoms with van der Waals surface area (Å²) in [5.74, 6) is -1.15. The van der Waals surface area contributed by atoms with Crippen LogP contribution >= 0.6 is 11.6 Å². The van der Waals surface area contributed by atoms with E-state index in [1.54, 1.807) is 12.1 Å². The fourth-order valence-corrected chi connectivity index (χ4v) is 3.86. The maximum Gasteiger partial charge on any atom is 0.337 e. The number of carboxylic acid groups (broad SMARTS) is 1. The number of carboxylic acids is 1. The third-order valence-corrected chi connectivity index (χ3v) is 5.33. The highest BCUT2D eigenvalue weighted by molar-refractivity contribution is 6.31. The summed E-state index contributed by atoms with van der Waals surface area (Å²) >= 11 is 6.38. The van der Waals surface area contributed by atoms with Gasteiger partial charge >= 0.3 is 5.97 Å². The number of hydrogen-bond acceptors (Lipinski definition) is 2. The van der Waals surface area contributed by atoms with Crippen LogP contribution in [0, 0.1) is 5.92 Å². The lowest BCUT2D eigenvalue weighted by atomic mass is 9.96. The van der Waals surface area contributed by atoms with Crippen molar-refractivity contribution in [3.63, 3.8) is 0 Å². The van der Waals surface area contributed by atoms with Gasteiger partial charge in [-0.15, -0.1) is 0 Å². The van der Waals surface area contributed by atoms with Crippen molar-refractivity contribution < 1.29 is 14.7 Å². The molecule has 3 aromatic rings. The highest BCUT2D eigenvalue weighted by Gasteiger charge is 2.26. The van der Waals surface area contributed by atoms with Gasteiger partial charge in [-0.1, -0.05) is 69.1 Å². The van der Waals surface area contributed by atoms with Crippen molar-refractivity contribution in [3.05, 3.63) is 69.9 Å². The fourth-order valence-electron chi connectivity index (χ4n) is 3.67. The third-order valence-electron chi connectivity index (χ3n) is 4.96. The zero-order valence-corrected chi connectivity index (χ0v) is 17.1. The Balaban J connectivity index is 2.39. The minimum atomic E-state index is -1.00. The summed E-state index contributed by atoms with van der Waals surface area (Å²) in [6, 6.07) is 12.7. The lowest BCUT2D eigenvalue weighted by Gasteiger charge is -2.14. The van der Waals surface area contributed by atoms with Crippen LogP contribution in [0.2, 0.25) is 5.02 Å². The van der Waals surface area contributed by atoms with Crippen molar-refractivity contribution in [2.24, 2.45) is 5.92 Å². The second-order valence-corrected chi connectivity index (χ2v) is 7.68. The molecule has 5 heteroatoms. The molecule has 3 rings (SSSR count). The normalized spacial score (nSPS) is 11.3. The molecule has 0 aliphatic carbocycles. The number of carbonyl (C=O) groups is 2. The Morgan fingerprint density at radius 2 is 1.82 bits per heavy atom. The van der Waals surface area contributed by atoms with E-state index in [0.717, 1.165) is 17.7 Å². The van der Waals surface area contributed by atoms with E-state index in [0.29, 0.717) is 34.5 Å². The van der Waals surface area contributed by atoms with Gasteiger partial charge < -0.3 is 9.67 Å². The standard InChI is InChI=1S/C23H24ClNO3/c1-4-8-19-20(22(26)14(2)3)16-10-7-11-17(23(27)28)21(16)25(19)13-15-9-5-6-12-18(15)24/h5-7,9-12,14H,4,8,13H2,1-3H3,(H,27,28). The molecular formula is C23H24ClNO3. The van der Waals surface area contributed by atoms with Gasteiger partial charge in [0.1, 0.15) is 0 Å². The summed E-state index contributed by atoms with van der Waals surface area (Å²) in [5.41, 5.74) is 3.20. The van der Waals surface area contributed by atoms with Gasteiger partial charge in [0.05, 0.1) is 11.1 Å². The summed E-state index contributed by atoms with van der Waals surface area (Å²) in [4.78, 5) is 25.0. The minimum Gasteiger partial charge on any atom is -0.478 e. The fraction of sp³-hybridized carbons (Fsp3) is 0.304. The van der Waals surface area contributed by atoms with E-state index >= 15 is 0 Å². The molecule has 0 radical (unpaired) electrons. The van der Waals surface area contributed by atoms with Crippen molar-refractivity contribution in [3.8, 4) is 0 Å². The van der Waals surface area contributed by atoms with Crippen molar-refractivity contribution in [1.82, 2.24) is 4.57 Å². The number of hydrogen-bond donors (Lipinski definition) is 1. The van der Waals surface area contributed by atoms with E-state index in [-0.39, 0.29) is 17.3 Å². The minimum absolute atomic E-state index is 0.0360. The number of nitrogens with zero attached hydrogens (tertiary/aromatic N) is 1. The van der Waals surface area contributed by atoms with Crippen LogP contribution in [-0.4, -0.2) is 21.4 Å². The number of aromatic nitrogens is 1. The van der Waals surface area contributed by atoms with Gasteiger partial charge in [-0.3, -0.25) is 4.79 Å². The maximum absolute atomic E-state index is 13.1. The summed E-state index contributed by atoms with van der Waals surface area (Å²) < 4.78 is 1.97. The Bertz CT molecular complexity index is 1050. The molecule has 0 aliphatic rings. The molecule has 0 bridgehead atoms. The largest absolute Gasteiger partial charge is 0.478 e. The van der Waals surface area contributed by atoms with Gasteiger partial charge in [-0.2, -0.15) is 0 Å². The molecule has 0 saturated heterocycles. The predicted molar refractivity (Wildman–Crippen MR) is 113 cm³/mol. The Morgan fingerprint density at radius 1 is 1.11 bits per heavy atom. The summed E-state index contributed by atoms with van der Waals surface area (Å²) in [5, 5.41) is 11.1. The maximum atomic E-state index is 13.1. The average Bonchev–Trinajstić information content (AvgIpc) is 2.96. The number of Topliss-reactive ketones (excluding diaryl/α,β-unsaturated/α-hetero) is 1. The highest BCUT2D eigenvalue weighted by Crippen LogP contribution is 2.33. The van der Waals surface area contributed by atoms with Gasteiger partial charge in [0, 0.05) is 34.1 Å². The number of para-hydroxylation sites is 1. The zero-order chi connectivity index (χ0) is 20.4. The molecule has 0 unspecified atom stereocenters. The lowest BCUT2D eigenvalue weighted by Crippen LogP contribution is -2.13. The molecule has 146 valence electrons. The monoisotopic (exact) mass is 397 g/mol. The SMILES string of the molecule is CCCc1c(C(=O)C(C)C)c2cccc(C(=O)O)c2n1Cc1ccccc1Cl. The topological polar surface area (TPSA) is 59.3 Å². The van der Waals surface area contributed by atoms with Crippen molar-refractivity contribution in [1.29, 1.82) is 0 Å². The second-order valence-electron chi connectivity index (χ2n) is 7.28. The van der Waals surface area contributed by atoms with Gasteiger partial charge in [-0.05, 0) is 24.1 Å². The molecule has 1 heterocycles. The molecule has 0 amide bonds. The van der Waals surface area contributed by atoms with Gasteiger partial charge in [0.15, 0.2) is 5.78 Å². The van der Waals surface area contributed by atoms with Crippen LogP contribution < -0.4 is 0 Å². The van der Waals surface area contributed by atoms with E-state index in [4.69, 9.17) is 11.6 Å². The van der Waals surface area contributed by atoms with Crippen LogP contribution in [0.3, 0.4) is 0 Å². The summed E-state index contributed by atoms with van der Waals surface area (Å²) in [6.07, 6.45) is 1.53. The molecule has 1 aromatic heterocycles. The van der Waals surface area contributed by atoms with Gasteiger partial charge in [0.2, 0.25) is 0 Å². The van der Waals surface area contributed by atoms with Crippen LogP contribution in [0.5, 0.6) is 0 Å². The molecule has 0 spiro atoms. The number of rotatable bonds is 7. The van der Waals surface area contributed by atoms with Crippen LogP contribution in [0.1, 0.15) is 59.2 Å². The summed E-state index contributed by atoms with van der Waals surface area (Å²) in [6.45, 7) is 6.22. The third kappa shape index (κ3) is 3.57. The molecule has 28 heavy (non-hydrogen) atoms. The number of benzene rings is 2. The lowest BCUT2D eigenvalue weighted by molar-refractivity contribution is 0.0698. The predicted octanol–water partition coefficient (Wildman–Crippen LogP) is 5.83. The van der Waals surface area contributed by atoms with Crippen LogP contribution in [-0.2, 0) is 13.0 Å². The Kier molecular flexibility index (Phi) is 5.90. The quantitative estimate of drug-likeness (QED) is 0.510. The van der Waals surface area contributed by atoms with Crippen molar-refractivity contribution >= 4 is 34.3 Å². The molecule has 0 atom stereocenters. The first kappa shape index (κ1) is 20.2. The smallest absolute Gasteiger partial charge is 0.337 e. The van der Waals surface area contributed by atoms with E-state index in [1.165, 1.54) is 0 Å². The molecular weight excluding hydrogens is 374 g/mol. The molecule has 2 aromatic carbocycles. The number of aromatic carboxylic acids is 1. The Hall–Kier alpha value is -2.59. The average molecular weight is 398 g/mol. The number of carbonyl (C=O) groups excluding carboxylic acids is 1. The zero-order valence-electron chi connectivity index (χ0n) is 16.3. The first-order chi connectivity index (χ1) is 13.4. The number of fused-ring (bicyclic) bond motifs is 1. The molecule has 0 fully saturated rings. The van der Waals surface area contributed by atoms with Crippen LogP contribution in [0.25, 0.3) is 10.9 Å². The van der Waals surface area contributed by atoms with Crippen molar-refractivity contribution in [2.75, 3.05) is 0 Å². The molecule has 0 saturated carbocycles.